The van der Waals surface area contributed by atoms with Gasteiger partial charge in [0.1, 0.15) is 0 Å². The molecule has 1 saturated heterocycles. The number of likely N-dealkylation sites (tertiary alicyclic amines) is 1. The maximum absolute atomic E-state index is 5.92. The smallest absolute Gasteiger partial charge is 0.0406 e. The normalized spacial score (nSPS) is 17.8. The molecule has 1 N–H and O–H groups in total. The van der Waals surface area contributed by atoms with Gasteiger partial charge in [0.05, 0.1) is 0 Å². The summed E-state index contributed by atoms with van der Waals surface area (Å²) in [4.78, 5) is 2.57. The van der Waals surface area contributed by atoms with Crippen LogP contribution < -0.4 is 5.32 Å². The van der Waals surface area contributed by atoms with Crippen molar-refractivity contribution in [2.75, 3.05) is 26.7 Å². The van der Waals surface area contributed by atoms with Crippen LogP contribution >= 0.6 is 11.6 Å². The lowest BCUT2D eigenvalue weighted by Gasteiger charge is -2.32. The van der Waals surface area contributed by atoms with Gasteiger partial charge in [-0.2, -0.15) is 0 Å². The van der Waals surface area contributed by atoms with E-state index in [4.69, 9.17) is 11.6 Å². The Bertz CT molecular complexity index is 356. The highest BCUT2D eigenvalue weighted by Gasteiger charge is 2.18. The van der Waals surface area contributed by atoms with E-state index in [0.717, 1.165) is 24.0 Å². The number of piperidine rings is 1. The first-order valence-corrected chi connectivity index (χ1v) is 7.77. The van der Waals surface area contributed by atoms with E-state index in [-0.39, 0.29) is 0 Å². The Morgan fingerprint density at radius 2 is 1.89 bits per heavy atom. The summed E-state index contributed by atoms with van der Waals surface area (Å²) in [5.41, 5.74) is 1.37. The maximum Gasteiger partial charge on any atom is 0.0406 e. The van der Waals surface area contributed by atoms with Crippen LogP contribution in [0.2, 0.25) is 5.02 Å². The second-order valence-electron chi connectivity index (χ2n) is 5.59. The fraction of sp³-hybridized carbons (Fsp3) is 0.625. The second kappa shape index (κ2) is 7.88. The number of rotatable bonds is 6. The first kappa shape index (κ1) is 14.8. The molecule has 0 aromatic heterocycles. The highest BCUT2D eigenvalue weighted by molar-refractivity contribution is 6.30. The number of nitrogens with one attached hydrogen (secondary N) is 1. The monoisotopic (exact) mass is 280 g/mol. The van der Waals surface area contributed by atoms with E-state index >= 15 is 0 Å². The van der Waals surface area contributed by atoms with Crippen LogP contribution in [0.25, 0.3) is 0 Å². The van der Waals surface area contributed by atoms with Crippen LogP contribution in [0.15, 0.2) is 24.3 Å². The van der Waals surface area contributed by atoms with E-state index in [2.05, 4.69) is 22.3 Å². The third-order valence-corrected chi connectivity index (χ3v) is 4.32. The SMILES string of the molecule is CNCCCC1CCN(Cc2ccc(Cl)cc2)CC1. The maximum atomic E-state index is 5.92. The van der Waals surface area contributed by atoms with Crippen LogP contribution in [0.3, 0.4) is 0 Å². The number of halogens is 1. The predicted octanol–water partition coefficient (Wildman–Crippen LogP) is 3.55. The Hall–Kier alpha value is -0.570. The molecule has 2 nitrogen and oxygen atoms in total. The van der Waals surface area contributed by atoms with Crippen LogP contribution in [0.4, 0.5) is 0 Å². The predicted molar refractivity (Wildman–Crippen MR) is 82.6 cm³/mol. The molecular weight excluding hydrogens is 256 g/mol. The topological polar surface area (TPSA) is 15.3 Å². The molecule has 19 heavy (non-hydrogen) atoms. The summed E-state index contributed by atoms with van der Waals surface area (Å²) in [5, 5.41) is 4.06. The Morgan fingerprint density at radius 1 is 1.21 bits per heavy atom. The third kappa shape index (κ3) is 5.13. The van der Waals surface area contributed by atoms with Crippen LogP contribution in [-0.2, 0) is 6.54 Å². The molecule has 0 amide bonds. The molecule has 0 spiro atoms. The highest BCUT2D eigenvalue weighted by atomic mass is 35.5. The van der Waals surface area contributed by atoms with Gasteiger partial charge < -0.3 is 5.32 Å². The third-order valence-electron chi connectivity index (χ3n) is 4.07. The molecule has 1 fully saturated rings. The lowest BCUT2D eigenvalue weighted by Crippen LogP contribution is -2.33. The molecule has 3 heteroatoms. The zero-order chi connectivity index (χ0) is 13.5. The fourth-order valence-corrected chi connectivity index (χ4v) is 2.97. The van der Waals surface area contributed by atoms with Crippen LogP contribution in [0, 0.1) is 5.92 Å². The Balaban J connectivity index is 1.69. The molecule has 0 bridgehead atoms. The summed E-state index contributed by atoms with van der Waals surface area (Å²) >= 11 is 5.92. The lowest BCUT2D eigenvalue weighted by molar-refractivity contribution is 0.171. The zero-order valence-corrected chi connectivity index (χ0v) is 12.6. The number of hydrogen-bond donors (Lipinski definition) is 1. The van der Waals surface area contributed by atoms with Gasteiger partial charge in [0, 0.05) is 11.6 Å². The summed E-state index contributed by atoms with van der Waals surface area (Å²) in [6.45, 7) is 4.71. The minimum Gasteiger partial charge on any atom is -0.320 e. The highest BCUT2D eigenvalue weighted by Crippen LogP contribution is 2.23. The minimum absolute atomic E-state index is 0.826. The Labute approximate surface area is 122 Å². The van der Waals surface area contributed by atoms with E-state index in [1.165, 1.54) is 44.3 Å². The molecular formula is C16H25ClN2. The van der Waals surface area contributed by atoms with E-state index in [9.17, 15) is 0 Å². The summed E-state index contributed by atoms with van der Waals surface area (Å²) in [7, 11) is 2.04. The molecule has 0 unspecified atom stereocenters. The summed E-state index contributed by atoms with van der Waals surface area (Å²) in [5.74, 6) is 0.940. The van der Waals surface area contributed by atoms with E-state index in [0.29, 0.717) is 0 Å². The van der Waals surface area contributed by atoms with Crippen molar-refractivity contribution in [3.05, 3.63) is 34.9 Å². The van der Waals surface area contributed by atoms with Gasteiger partial charge in [-0.25, -0.2) is 0 Å². The van der Waals surface area contributed by atoms with Crippen molar-refractivity contribution < 1.29 is 0 Å². The number of hydrogen-bond acceptors (Lipinski definition) is 2. The van der Waals surface area contributed by atoms with Crippen molar-refractivity contribution in [2.24, 2.45) is 5.92 Å². The van der Waals surface area contributed by atoms with Crippen molar-refractivity contribution >= 4 is 11.6 Å². The zero-order valence-electron chi connectivity index (χ0n) is 11.9. The molecule has 0 atom stereocenters. The van der Waals surface area contributed by atoms with Crippen LogP contribution in [-0.4, -0.2) is 31.6 Å². The van der Waals surface area contributed by atoms with Crippen molar-refractivity contribution in [2.45, 2.75) is 32.2 Å². The standard InChI is InChI=1S/C16H25ClN2/c1-18-10-2-3-14-8-11-19(12-9-14)13-15-4-6-16(17)7-5-15/h4-7,14,18H,2-3,8-13H2,1H3. The van der Waals surface area contributed by atoms with E-state index in [1.54, 1.807) is 0 Å². The van der Waals surface area contributed by atoms with Gasteiger partial charge in [-0.05, 0) is 76.0 Å². The Kier molecular flexibility index (Phi) is 6.15. The molecule has 2 rings (SSSR count). The van der Waals surface area contributed by atoms with Crippen molar-refractivity contribution in [1.29, 1.82) is 0 Å². The average Bonchev–Trinajstić information content (AvgIpc) is 2.44. The lowest BCUT2D eigenvalue weighted by atomic mass is 9.92. The second-order valence-corrected chi connectivity index (χ2v) is 6.03. The first-order valence-electron chi connectivity index (χ1n) is 7.39. The van der Waals surface area contributed by atoms with Gasteiger partial charge in [-0.1, -0.05) is 23.7 Å². The van der Waals surface area contributed by atoms with E-state index < -0.39 is 0 Å². The van der Waals surface area contributed by atoms with Crippen molar-refractivity contribution in [3.63, 3.8) is 0 Å². The molecule has 1 aliphatic rings. The summed E-state index contributed by atoms with van der Waals surface area (Å²) < 4.78 is 0. The van der Waals surface area contributed by atoms with Gasteiger partial charge in [-0.15, -0.1) is 0 Å². The summed E-state index contributed by atoms with van der Waals surface area (Å²) in [6.07, 6.45) is 5.42. The molecule has 1 aromatic rings. The summed E-state index contributed by atoms with van der Waals surface area (Å²) in [6, 6.07) is 8.26. The molecule has 1 heterocycles. The van der Waals surface area contributed by atoms with Gasteiger partial charge in [0.15, 0.2) is 0 Å². The van der Waals surface area contributed by atoms with E-state index in [1.807, 2.05) is 19.2 Å². The molecule has 0 radical (unpaired) electrons. The Morgan fingerprint density at radius 3 is 2.53 bits per heavy atom. The van der Waals surface area contributed by atoms with Gasteiger partial charge >= 0.3 is 0 Å². The van der Waals surface area contributed by atoms with Crippen molar-refractivity contribution in [1.82, 2.24) is 10.2 Å². The average molecular weight is 281 g/mol. The first-order chi connectivity index (χ1) is 9.28. The number of benzene rings is 1. The fourth-order valence-electron chi connectivity index (χ4n) is 2.85. The van der Waals surface area contributed by atoms with Crippen LogP contribution in [0.1, 0.15) is 31.2 Å². The van der Waals surface area contributed by atoms with Gasteiger partial charge in [-0.3, -0.25) is 4.90 Å². The molecule has 0 aliphatic carbocycles. The molecule has 1 aliphatic heterocycles. The molecule has 106 valence electrons. The van der Waals surface area contributed by atoms with Crippen LogP contribution in [0.5, 0.6) is 0 Å². The number of nitrogens with zero attached hydrogens (tertiary/aromatic N) is 1. The largest absolute Gasteiger partial charge is 0.320 e. The van der Waals surface area contributed by atoms with Gasteiger partial charge in [0.2, 0.25) is 0 Å². The quantitative estimate of drug-likeness (QED) is 0.802. The van der Waals surface area contributed by atoms with Gasteiger partial charge in [0.25, 0.3) is 0 Å². The van der Waals surface area contributed by atoms with Crippen molar-refractivity contribution in [3.8, 4) is 0 Å². The molecule has 0 saturated carbocycles. The molecule has 1 aromatic carbocycles. The minimum atomic E-state index is 0.826.